The van der Waals surface area contributed by atoms with Crippen molar-refractivity contribution in [1.29, 1.82) is 0 Å². The van der Waals surface area contributed by atoms with E-state index in [9.17, 15) is 13.2 Å². The van der Waals surface area contributed by atoms with Gasteiger partial charge in [-0.25, -0.2) is 13.1 Å². The molecule has 29 heavy (non-hydrogen) atoms. The fraction of sp³-hybridized carbons (Fsp3) is 0.381. The van der Waals surface area contributed by atoms with E-state index in [0.717, 1.165) is 5.56 Å². The molecule has 1 aliphatic rings. The second kappa shape index (κ2) is 8.04. The third-order valence-electron chi connectivity index (χ3n) is 4.89. The molecule has 0 fully saturated rings. The van der Waals surface area contributed by atoms with E-state index >= 15 is 0 Å². The Balaban J connectivity index is 1.81. The number of carboxylic acids is 1. The number of carbonyl (C=O) groups is 1. The van der Waals surface area contributed by atoms with Gasteiger partial charge in [0.2, 0.25) is 10.0 Å². The highest BCUT2D eigenvalue weighted by Crippen LogP contribution is 2.41. The van der Waals surface area contributed by atoms with E-state index in [4.69, 9.17) is 14.6 Å². The van der Waals surface area contributed by atoms with Gasteiger partial charge in [-0.05, 0) is 61.7 Å². The highest BCUT2D eigenvalue weighted by Gasteiger charge is 2.34. The molecule has 0 radical (unpaired) electrons. The zero-order chi connectivity index (χ0) is 21.2. The molecule has 1 unspecified atom stereocenters. The Kier molecular flexibility index (Phi) is 5.86. The first-order chi connectivity index (χ1) is 13.6. The predicted octanol–water partition coefficient (Wildman–Crippen LogP) is 2.95. The van der Waals surface area contributed by atoms with Gasteiger partial charge in [-0.15, -0.1) is 0 Å². The summed E-state index contributed by atoms with van der Waals surface area (Å²) >= 11 is 0. The van der Waals surface area contributed by atoms with Crippen molar-refractivity contribution in [3.63, 3.8) is 0 Å². The van der Waals surface area contributed by atoms with E-state index in [1.807, 2.05) is 19.9 Å². The number of carboxylic acid groups (broad SMARTS) is 1. The topological polar surface area (TPSA) is 102 Å². The summed E-state index contributed by atoms with van der Waals surface area (Å²) in [6.45, 7) is 4.09. The van der Waals surface area contributed by atoms with Gasteiger partial charge in [0.15, 0.2) is 0 Å². The molecule has 0 spiro atoms. The molecule has 0 aliphatic carbocycles. The Hall–Kier alpha value is -2.58. The van der Waals surface area contributed by atoms with Crippen LogP contribution in [0.15, 0.2) is 47.4 Å². The smallest absolute Gasteiger partial charge is 0.307 e. The highest BCUT2D eigenvalue weighted by molar-refractivity contribution is 7.89. The van der Waals surface area contributed by atoms with Gasteiger partial charge in [-0.2, -0.15) is 0 Å². The Morgan fingerprint density at radius 3 is 2.55 bits per heavy atom. The van der Waals surface area contributed by atoms with Crippen molar-refractivity contribution in [2.24, 2.45) is 0 Å². The Labute approximate surface area is 170 Å². The van der Waals surface area contributed by atoms with E-state index in [2.05, 4.69) is 4.72 Å². The molecular weight excluding hydrogens is 394 g/mol. The maximum absolute atomic E-state index is 12.7. The summed E-state index contributed by atoms with van der Waals surface area (Å²) in [6.07, 6.45) is 0.537. The minimum atomic E-state index is -3.67. The third kappa shape index (κ3) is 5.07. The maximum Gasteiger partial charge on any atom is 0.307 e. The molecule has 0 saturated heterocycles. The summed E-state index contributed by atoms with van der Waals surface area (Å²) in [4.78, 5) is 11.2. The van der Waals surface area contributed by atoms with Crippen molar-refractivity contribution >= 4 is 16.0 Å². The van der Waals surface area contributed by atoms with Gasteiger partial charge in [0.05, 0.1) is 18.4 Å². The molecular formula is C21H25NO6S. The SMILES string of the molecule is COc1ccc(S(=O)(=O)NCC2CC(C)(C)Oc3cc(CC(=O)O)ccc32)cc1. The van der Waals surface area contributed by atoms with E-state index in [-0.39, 0.29) is 23.8 Å². The summed E-state index contributed by atoms with van der Waals surface area (Å²) in [6, 6.07) is 11.5. The second-order valence-corrected chi connectivity index (χ2v) is 9.50. The summed E-state index contributed by atoms with van der Waals surface area (Å²) in [5.74, 6) is 0.180. The lowest BCUT2D eigenvalue weighted by Gasteiger charge is -2.38. The van der Waals surface area contributed by atoms with Gasteiger partial charge in [-0.1, -0.05) is 12.1 Å². The van der Waals surface area contributed by atoms with Crippen LogP contribution in [-0.4, -0.2) is 38.7 Å². The third-order valence-corrected chi connectivity index (χ3v) is 6.33. The van der Waals surface area contributed by atoms with Crippen molar-refractivity contribution < 1.29 is 27.8 Å². The molecule has 2 aromatic rings. The number of nitrogens with one attached hydrogen (secondary N) is 1. The van der Waals surface area contributed by atoms with Crippen LogP contribution in [-0.2, 0) is 21.2 Å². The Morgan fingerprint density at radius 1 is 1.24 bits per heavy atom. The zero-order valence-electron chi connectivity index (χ0n) is 16.6. The number of hydrogen-bond acceptors (Lipinski definition) is 5. The first-order valence-electron chi connectivity index (χ1n) is 9.27. The van der Waals surface area contributed by atoms with Crippen molar-refractivity contribution in [3.05, 3.63) is 53.6 Å². The lowest BCUT2D eigenvalue weighted by Crippen LogP contribution is -2.39. The quantitative estimate of drug-likeness (QED) is 0.715. The average molecular weight is 419 g/mol. The Bertz CT molecular complexity index is 998. The lowest BCUT2D eigenvalue weighted by atomic mass is 9.84. The predicted molar refractivity (Wildman–Crippen MR) is 108 cm³/mol. The number of rotatable bonds is 7. The van der Waals surface area contributed by atoms with Gasteiger partial charge < -0.3 is 14.6 Å². The molecule has 2 aromatic carbocycles. The van der Waals surface area contributed by atoms with Crippen LogP contribution < -0.4 is 14.2 Å². The second-order valence-electron chi connectivity index (χ2n) is 7.73. The molecule has 1 heterocycles. The molecule has 1 aliphatic heterocycles. The summed E-state index contributed by atoms with van der Waals surface area (Å²) in [5, 5.41) is 9.02. The molecule has 0 aromatic heterocycles. The minimum absolute atomic E-state index is 0.0914. The van der Waals surface area contributed by atoms with Crippen LogP contribution in [0, 0.1) is 0 Å². The van der Waals surface area contributed by atoms with Crippen LogP contribution in [0.5, 0.6) is 11.5 Å². The van der Waals surface area contributed by atoms with Crippen LogP contribution in [0.3, 0.4) is 0 Å². The first kappa shape index (κ1) is 21.1. The number of hydrogen-bond donors (Lipinski definition) is 2. The first-order valence-corrected chi connectivity index (χ1v) is 10.8. The number of fused-ring (bicyclic) bond motifs is 1. The minimum Gasteiger partial charge on any atom is -0.497 e. The van der Waals surface area contributed by atoms with Crippen molar-refractivity contribution in [2.75, 3.05) is 13.7 Å². The normalized spacial score (nSPS) is 17.8. The van der Waals surface area contributed by atoms with Gasteiger partial charge in [0.25, 0.3) is 0 Å². The fourth-order valence-corrected chi connectivity index (χ4v) is 4.64. The zero-order valence-corrected chi connectivity index (χ0v) is 17.5. The van der Waals surface area contributed by atoms with Gasteiger partial charge in [0, 0.05) is 12.5 Å². The molecule has 8 heteroatoms. The van der Waals surface area contributed by atoms with E-state index < -0.39 is 21.6 Å². The van der Waals surface area contributed by atoms with Crippen molar-refractivity contribution in [3.8, 4) is 11.5 Å². The van der Waals surface area contributed by atoms with Crippen molar-refractivity contribution in [1.82, 2.24) is 4.72 Å². The molecule has 2 N–H and O–H groups in total. The molecule has 3 rings (SSSR count). The van der Waals surface area contributed by atoms with E-state index in [1.165, 1.54) is 19.2 Å². The van der Waals surface area contributed by atoms with Gasteiger partial charge >= 0.3 is 5.97 Å². The van der Waals surface area contributed by atoms with Gasteiger partial charge in [0.1, 0.15) is 17.1 Å². The standard InChI is InChI=1S/C21H25NO6S/c1-21(2)12-15(18-9-4-14(11-20(23)24)10-19(18)28-21)13-22-29(25,26)17-7-5-16(27-3)6-8-17/h4-10,15,22H,11-13H2,1-3H3,(H,23,24). The lowest BCUT2D eigenvalue weighted by molar-refractivity contribution is -0.136. The number of sulfonamides is 1. The molecule has 156 valence electrons. The van der Waals surface area contributed by atoms with E-state index in [1.54, 1.807) is 24.3 Å². The summed E-state index contributed by atoms with van der Waals surface area (Å²) < 4.78 is 39.1. The van der Waals surface area contributed by atoms with Crippen LogP contribution >= 0.6 is 0 Å². The highest BCUT2D eigenvalue weighted by atomic mass is 32.2. The molecule has 7 nitrogen and oxygen atoms in total. The molecule has 0 amide bonds. The largest absolute Gasteiger partial charge is 0.497 e. The number of benzene rings is 2. The van der Waals surface area contributed by atoms with Crippen molar-refractivity contribution in [2.45, 2.75) is 43.1 Å². The number of ether oxygens (including phenoxy) is 2. The summed E-state index contributed by atoms with van der Waals surface area (Å²) in [5.41, 5.74) is 1.02. The van der Waals surface area contributed by atoms with Crippen LogP contribution in [0.2, 0.25) is 0 Å². The van der Waals surface area contributed by atoms with Crippen LogP contribution in [0.1, 0.15) is 37.3 Å². The number of aliphatic carboxylic acids is 1. The maximum atomic E-state index is 12.7. The van der Waals surface area contributed by atoms with Crippen LogP contribution in [0.4, 0.5) is 0 Å². The Morgan fingerprint density at radius 2 is 1.93 bits per heavy atom. The molecule has 0 saturated carbocycles. The molecule has 0 bridgehead atoms. The van der Waals surface area contributed by atoms with Crippen LogP contribution in [0.25, 0.3) is 0 Å². The fourth-order valence-electron chi connectivity index (χ4n) is 3.56. The number of methoxy groups -OCH3 is 1. The molecule has 1 atom stereocenters. The monoisotopic (exact) mass is 419 g/mol. The summed E-state index contributed by atoms with van der Waals surface area (Å²) in [7, 11) is -2.15. The van der Waals surface area contributed by atoms with E-state index in [0.29, 0.717) is 23.5 Å². The average Bonchev–Trinajstić information content (AvgIpc) is 2.64. The van der Waals surface area contributed by atoms with Gasteiger partial charge in [-0.3, -0.25) is 4.79 Å².